The van der Waals surface area contributed by atoms with Gasteiger partial charge >= 0.3 is 5.97 Å². The second kappa shape index (κ2) is 11.6. The van der Waals surface area contributed by atoms with Crippen molar-refractivity contribution in [2.75, 3.05) is 0 Å². The number of carboxylic acid groups (broad SMARTS) is 1. The summed E-state index contributed by atoms with van der Waals surface area (Å²) in [7, 11) is 0. The smallest absolute Gasteiger partial charge is 0.303 e. The van der Waals surface area contributed by atoms with Crippen molar-refractivity contribution >= 4 is 22.7 Å². The molecule has 2 saturated carbocycles. The van der Waals surface area contributed by atoms with E-state index in [0.29, 0.717) is 23.8 Å². The van der Waals surface area contributed by atoms with E-state index in [1.165, 1.54) is 57.8 Å². The molecule has 8 nitrogen and oxygen atoms in total. The molecule has 2 aliphatic carbocycles. The molecule has 3 heterocycles. The van der Waals surface area contributed by atoms with E-state index in [0.717, 1.165) is 35.7 Å². The van der Waals surface area contributed by atoms with Gasteiger partial charge in [0.2, 0.25) is 0 Å². The molecular weight excluding hydrogens is 504 g/mol. The minimum atomic E-state index is -0.940. The lowest BCUT2D eigenvalue weighted by Gasteiger charge is -2.48. The Hall–Kier alpha value is -2.74. The van der Waals surface area contributed by atoms with Gasteiger partial charge in [0.1, 0.15) is 11.8 Å². The molecule has 4 fully saturated rings. The first-order valence-electron chi connectivity index (χ1n) is 15.6. The van der Waals surface area contributed by atoms with Gasteiger partial charge in [0, 0.05) is 30.6 Å². The molecule has 8 heteroatoms. The minimum absolute atomic E-state index is 0.0884. The fourth-order valence-corrected chi connectivity index (χ4v) is 8.41. The highest BCUT2D eigenvalue weighted by molar-refractivity contribution is 6.00. The zero-order valence-corrected chi connectivity index (χ0v) is 24.0. The zero-order valence-electron chi connectivity index (χ0n) is 24.0. The van der Waals surface area contributed by atoms with Gasteiger partial charge in [0.05, 0.1) is 17.5 Å². The Bertz CT molecular complexity index is 1290. The summed E-state index contributed by atoms with van der Waals surface area (Å²) in [5.41, 5.74) is 1.92. The largest absolute Gasteiger partial charge is 0.481 e. The van der Waals surface area contributed by atoms with Crippen LogP contribution in [0.15, 0.2) is 34.2 Å². The monoisotopic (exact) mass is 548 g/mol. The van der Waals surface area contributed by atoms with Crippen molar-refractivity contribution in [1.29, 1.82) is 0 Å². The van der Waals surface area contributed by atoms with Gasteiger partial charge in [-0.3, -0.25) is 14.5 Å². The maximum absolute atomic E-state index is 14.2. The number of carbonyl (C=O) groups is 1. The molecular formula is C32H44N4O4. The predicted octanol–water partition coefficient (Wildman–Crippen LogP) is 5.92. The van der Waals surface area contributed by atoms with Crippen LogP contribution in [0.5, 0.6) is 0 Å². The third kappa shape index (κ3) is 5.56. The number of piperidine rings is 1. The molecule has 6 atom stereocenters. The van der Waals surface area contributed by atoms with Crippen molar-refractivity contribution in [2.24, 2.45) is 17.0 Å². The molecule has 2 aromatic rings. The van der Waals surface area contributed by atoms with E-state index in [-0.39, 0.29) is 36.2 Å². The maximum atomic E-state index is 14.2. The molecule has 6 rings (SSSR count). The van der Waals surface area contributed by atoms with E-state index in [9.17, 15) is 14.7 Å². The summed E-state index contributed by atoms with van der Waals surface area (Å²) in [6, 6.07) is 9.64. The summed E-state index contributed by atoms with van der Waals surface area (Å²) < 4.78 is 1.96. The molecule has 216 valence electrons. The highest BCUT2D eigenvalue weighted by atomic mass is 16.6. The molecule has 2 aliphatic heterocycles. The van der Waals surface area contributed by atoms with Crippen molar-refractivity contribution < 1.29 is 14.7 Å². The Kier molecular flexibility index (Phi) is 7.98. The number of para-hydroxylation sites is 2. The average molecular weight is 549 g/mol. The van der Waals surface area contributed by atoms with Crippen LogP contribution in [0.1, 0.15) is 109 Å². The van der Waals surface area contributed by atoms with Gasteiger partial charge in [-0.1, -0.05) is 43.0 Å². The summed E-state index contributed by atoms with van der Waals surface area (Å²) in [6.07, 6.45) is 13.9. The van der Waals surface area contributed by atoms with Gasteiger partial charge in [-0.05, 0) is 82.8 Å². The number of nitrogens with zero attached hydrogens (tertiary/aromatic N) is 4. The van der Waals surface area contributed by atoms with Crippen LogP contribution in [0, 0.1) is 11.8 Å². The second-order valence-electron chi connectivity index (χ2n) is 13.0. The molecule has 0 spiro atoms. The number of hydrogen-bond acceptors (Lipinski definition) is 6. The Labute approximate surface area is 236 Å². The zero-order chi connectivity index (χ0) is 27.8. The highest BCUT2D eigenvalue weighted by Crippen LogP contribution is 2.48. The lowest BCUT2D eigenvalue weighted by Crippen LogP contribution is -2.52. The Morgan fingerprint density at radius 1 is 0.950 bits per heavy atom. The number of oxime groups is 1. The first-order valence-corrected chi connectivity index (χ1v) is 15.6. The topological polar surface area (TPSA) is 97.0 Å². The summed E-state index contributed by atoms with van der Waals surface area (Å²) >= 11 is 0. The molecule has 2 saturated heterocycles. The van der Waals surface area contributed by atoms with Crippen molar-refractivity contribution in [3.05, 3.63) is 40.3 Å². The molecule has 40 heavy (non-hydrogen) atoms. The average Bonchev–Trinajstić information content (AvgIpc) is 3.08. The Morgan fingerprint density at radius 3 is 2.27 bits per heavy atom. The van der Waals surface area contributed by atoms with Gasteiger partial charge in [-0.25, -0.2) is 4.98 Å². The quantitative estimate of drug-likeness (QED) is 0.325. The fourth-order valence-electron chi connectivity index (χ4n) is 8.41. The van der Waals surface area contributed by atoms with Crippen LogP contribution in [-0.2, 0) is 9.63 Å². The van der Waals surface area contributed by atoms with E-state index in [1.54, 1.807) is 0 Å². The molecule has 4 bridgehead atoms. The van der Waals surface area contributed by atoms with Gasteiger partial charge < -0.3 is 14.5 Å². The standard InChI is InChI=1S/C32H44N4O4/c1-20(2)40-34-28(13-14-30(37)38)31-32(39)36(29-10-6-5-9-27(29)33-31)26-18-23-11-12-24(19-26)35(23)25-16-21-7-3-4-8-22(15-21)17-25/h5-6,9-10,20-26H,3-4,7-8,11-19H2,1-2H3,(H,37,38)/b34-28+/t21-,22+,23-,24+,25?,26?. The number of fused-ring (bicyclic) bond motifs is 5. The molecule has 1 N–H and O–H groups in total. The highest BCUT2D eigenvalue weighted by Gasteiger charge is 2.47. The lowest BCUT2D eigenvalue weighted by molar-refractivity contribution is -0.136. The number of aromatic nitrogens is 2. The van der Waals surface area contributed by atoms with Gasteiger partial charge in [-0.2, -0.15) is 0 Å². The summed E-state index contributed by atoms with van der Waals surface area (Å²) in [5.74, 6) is 0.855. The third-order valence-electron chi connectivity index (χ3n) is 9.92. The summed E-state index contributed by atoms with van der Waals surface area (Å²) in [5, 5.41) is 13.6. The molecule has 0 amide bonds. The van der Waals surface area contributed by atoms with Gasteiger partial charge in [0.25, 0.3) is 5.56 Å². The van der Waals surface area contributed by atoms with Crippen LogP contribution in [0.4, 0.5) is 0 Å². The Balaban J connectivity index is 1.33. The van der Waals surface area contributed by atoms with Gasteiger partial charge in [-0.15, -0.1) is 0 Å². The van der Waals surface area contributed by atoms with Crippen LogP contribution in [0.2, 0.25) is 0 Å². The van der Waals surface area contributed by atoms with Crippen molar-refractivity contribution in [3.63, 3.8) is 0 Å². The molecule has 4 aliphatic rings. The molecule has 1 aromatic carbocycles. The number of benzene rings is 1. The number of hydrogen-bond donors (Lipinski definition) is 1. The van der Waals surface area contributed by atoms with E-state index in [1.807, 2.05) is 42.7 Å². The summed E-state index contributed by atoms with van der Waals surface area (Å²) in [4.78, 5) is 38.7. The number of carboxylic acids is 1. The maximum Gasteiger partial charge on any atom is 0.303 e. The van der Waals surface area contributed by atoms with Crippen LogP contribution in [-0.4, -0.2) is 55.5 Å². The first-order chi connectivity index (χ1) is 19.4. The Morgan fingerprint density at radius 2 is 1.62 bits per heavy atom. The SMILES string of the molecule is CC(C)O/N=C(\CCC(=O)O)c1nc2ccccc2n(C2C[C@H]3CC[C@@H](C2)N3C2C[C@H]3CCCC[C@@H](C2)C3)c1=O. The van der Waals surface area contributed by atoms with Crippen LogP contribution < -0.4 is 5.56 Å². The van der Waals surface area contributed by atoms with Gasteiger partial charge in [0.15, 0.2) is 5.69 Å². The van der Waals surface area contributed by atoms with E-state index in [4.69, 9.17) is 9.82 Å². The number of aliphatic carboxylic acids is 1. The second-order valence-corrected chi connectivity index (χ2v) is 13.0. The minimum Gasteiger partial charge on any atom is -0.481 e. The molecule has 0 radical (unpaired) electrons. The van der Waals surface area contributed by atoms with Crippen molar-refractivity contribution in [3.8, 4) is 0 Å². The normalized spacial score (nSPS) is 30.9. The predicted molar refractivity (Wildman–Crippen MR) is 156 cm³/mol. The number of rotatable bonds is 8. The van der Waals surface area contributed by atoms with Crippen LogP contribution in [0.25, 0.3) is 11.0 Å². The summed E-state index contributed by atoms with van der Waals surface area (Å²) in [6.45, 7) is 3.71. The van der Waals surface area contributed by atoms with Crippen molar-refractivity contribution in [1.82, 2.24) is 14.5 Å². The van der Waals surface area contributed by atoms with E-state index >= 15 is 0 Å². The van der Waals surface area contributed by atoms with E-state index < -0.39 is 5.97 Å². The molecule has 2 unspecified atom stereocenters. The lowest BCUT2D eigenvalue weighted by atomic mass is 9.76. The van der Waals surface area contributed by atoms with E-state index in [2.05, 4.69) is 10.1 Å². The first kappa shape index (κ1) is 27.4. The van der Waals surface area contributed by atoms with Crippen LogP contribution in [0.3, 0.4) is 0 Å². The van der Waals surface area contributed by atoms with Crippen LogP contribution >= 0.6 is 0 Å². The molecule has 1 aromatic heterocycles. The third-order valence-corrected chi connectivity index (χ3v) is 9.92. The fraction of sp³-hybridized carbons (Fsp3) is 0.688. The van der Waals surface area contributed by atoms with Crippen molar-refractivity contribution in [2.45, 2.75) is 128 Å².